The van der Waals surface area contributed by atoms with E-state index in [1.54, 1.807) is 0 Å². The zero-order valence-corrected chi connectivity index (χ0v) is 12.2. The van der Waals surface area contributed by atoms with Crippen LogP contribution in [-0.2, 0) is 6.18 Å². The fraction of sp³-hybridized carbons (Fsp3) is 0.267. The molecule has 1 aromatic heterocycles. The maximum Gasteiger partial charge on any atom is 0.416 e. The van der Waals surface area contributed by atoms with Crippen LogP contribution < -0.4 is 5.73 Å². The maximum absolute atomic E-state index is 12.9. The molecule has 2 aromatic rings. The predicted molar refractivity (Wildman–Crippen MR) is 78.1 cm³/mol. The normalized spacial score (nSPS) is 13.2. The molecule has 0 aliphatic heterocycles. The fourth-order valence-electron chi connectivity index (χ4n) is 1.94. The van der Waals surface area contributed by atoms with E-state index in [0.717, 1.165) is 22.7 Å². The summed E-state index contributed by atoms with van der Waals surface area (Å²) >= 11 is 1.44. The first-order valence-corrected chi connectivity index (χ1v) is 7.32. The summed E-state index contributed by atoms with van der Waals surface area (Å²) in [7, 11) is 0. The van der Waals surface area contributed by atoms with E-state index in [1.807, 2.05) is 31.2 Å². The summed E-state index contributed by atoms with van der Waals surface area (Å²) in [6.45, 7) is 1.97. The van der Waals surface area contributed by atoms with E-state index < -0.39 is 17.8 Å². The van der Waals surface area contributed by atoms with Crippen LogP contribution >= 0.6 is 11.8 Å². The number of nitrogens with zero attached hydrogens (tertiary/aromatic N) is 1. The SMILES string of the molecule is Cc1cccc(SCC(N)c2cnccc2C(F)(F)F)c1. The van der Waals surface area contributed by atoms with Gasteiger partial charge in [0.25, 0.3) is 0 Å². The summed E-state index contributed by atoms with van der Waals surface area (Å²) in [6.07, 6.45) is -2.08. The van der Waals surface area contributed by atoms with Crippen molar-refractivity contribution in [3.05, 3.63) is 59.4 Å². The summed E-state index contributed by atoms with van der Waals surface area (Å²) < 4.78 is 38.8. The van der Waals surface area contributed by atoms with Crippen LogP contribution in [-0.4, -0.2) is 10.7 Å². The highest BCUT2D eigenvalue weighted by Gasteiger charge is 2.34. The Morgan fingerprint density at radius 3 is 2.71 bits per heavy atom. The van der Waals surface area contributed by atoms with Crippen LogP contribution in [0.15, 0.2) is 47.6 Å². The first-order chi connectivity index (χ1) is 9.88. The number of hydrogen-bond donors (Lipinski definition) is 1. The standard InChI is InChI=1S/C15H15F3N2S/c1-10-3-2-4-11(7-10)21-9-14(19)12-8-20-6-5-13(12)15(16,17)18/h2-8,14H,9,19H2,1H3. The van der Waals surface area contributed by atoms with Crippen molar-refractivity contribution in [2.75, 3.05) is 5.75 Å². The van der Waals surface area contributed by atoms with Crippen LogP contribution in [0.3, 0.4) is 0 Å². The van der Waals surface area contributed by atoms with Gasteiger partial charge in [-0.1, -0.05) is 17.7 Å². The van der Waals surface area contributed by atoms with Crippen molar-refractivity contribution in [3.63, 3.8) is 0 Å². The largest absolute Gasteiger partial charge is 0.416 e. The van der Waals surface area contributed by atoms with Crippen LogP contribution in [0.25, 0.3) is 0 Å². The van der Waals surface area contributed by atoms with Crippen molar-refractivity contribution >= 4 is 11.8 Å². The molecular formula is C15H15F3N2S. The topological polar surface area (TPSA) is 38.9 Å². The minimum atomic E-state index is -4.41. The number of pyridine rings is 1. The molecule has 2 rings (SSSR count). The average molecular weight is 312 g/mol. The molecule has 0 saturated carbocycles. The van der Waals surface area contributed by atoms with Gasteiger partial charge in [0.05, 0.1) is 5.56 Å². The third kappa shape index (κ3) is 4.22. The van der Waals surface area contributed by atoms with E-state index >= 15 is 0 Å². The molecule has 21 heavy (non-hydrogen) atoms. The molecule has 2 N–H and O–H groups in total. The first-order valence-electron chi connectivity index (χ1n) is 6.34. The molecule has 0 fully saturated rings. The third-order valence-corrected chi connectivity index (χ3v) is 4.09. The molecule has 0 bridgehead atoms. The minimum absolute atomic E-state index is 0.0325. The predicted octanol–water partition coefficient (Wildman–Crippen LogP) is 4.20. The first kappa shape index (κ1) is 15.9. The van der Waals surface area contributed by atoms with E-state index in [9.17, 15) is 13.2 Å². The number of alkyl halides is 3. The molecule has 112 valence electrons. The number of halogens is 3. The summed E-state index contributed by atoms with van der Waals surface area (Å²) in [5.74, 6) is 0.359. The Hall–Kier alpha value is -1.53. The van der Waals surface area contributed by atoms with Crippen molar-refractivity contribution in [1.82, 2.24) is 4.98 Å². The lowest BCUT2D eigenvalue weighted by molar-refractivity contribution is -0.138. The van der Waals surface area contributed by atoms with Gasteiger partial charge in [-0.3, -0.25) is 4.98 Å². The Morgan fingerprint density at radius 2 is 2.05 bits per heavy atom. The van der Waals surface area contributed by atoms with Crippen molar-refractivity contribution in [2.45, 2.75) is 24.0 Å². The quantitative estimate of drug-likeness (QED) is 0.860. The van der Waals surface area contributed by atoms with Crippen molar-refractivity contribution < 1.29 is 13.2 Å². The second-order valence-corrected chi connectivity index (χ2v) is 5.79. The summed E-state index contributed by atoms with van der Waals surface area (Å²) in [4.78, 5) is 4.75. The minimum Gasteiger partial charge on any atom is -0.323 e. The Bertz CT molecular complexity index is 614. The molecule has 0 aliphatic carbocycles. The summed E-state index contributed by atoms with van der Waals surface area (Å²) in [5, 5.41) is 0. The van der Waals surface area contributed by atoms with Crippen LogP contribution in [0.5, 0.6) is 0 Å². The lowest BCUT2D eigenvalue weighted by Gasteiger charge is -2.17. The van der Waals surface area contributed by atoms with Crippen LogP contribution in [0.1, 0.15) is 22.7 Å². The van der Waals surface area contributed by atoms with E-state index in [-0.39, 0.29) is 5.56 Å². The van der Waals surface area contributed by atoms with Gasteiger partial charge in [0.1, 0.15) is 0 Å². The van der Waals surface area contributed by atoms with Gasteiger partial charge in [0.15, 0.2) is 0 Å². The maximum atomic E-state index is 12.9. The molecule has 0 aliphatic rings. The Morgan fingerprint density at radius 1 is 1.29 bits per heavy atom. The second-order valence-electron chi connectivity index (χ2n) is 4.69. The highest BCUT2D eigenvalue weighted by molar-refractivity contribution is 7.99. The van der Waals surface area contributed by atoms with Gasteiger partial charge in [-0.05, 0) is 25.1 Å². The lowest BCUT2D eigenvalue weighted by atomic mass is 10.0. The molecular weight excluding hydrogens is 297 g/mol. The van der Waals surface area contributed by atoms with Crippen molar-refractivity contribution in [2.24, 2.45) is 5.73 Å². The number of thioether (sulfide) groups is 1. The van der Waals surface area contributed by atoms with Gasteiger partial charge in [-0.25, -0.2) is 0 Å². The van der Waals surface area contributed by atoms with Gasteiger partial charge >= 0.3 is 6.18 Å². The van der Waals surface area contributed by atoms with Gasteiger partial charge in [-0.2, -0.15) is 13.2 Å². The van der Waals surface area contributed by atoms with E-state index in [2.05, 4.69) is 4.98 Å². The van der Waals surface area contributed by atoms with E-state index in [4.69, 9.17) is 5.73 Å². The Balaban J connectivity index is 2.12. The third-order valence-electron chi connectivity index (χ3n) is 2.98. The number of aryl methyl sites for hydroxylation is 1. The summed E-state index contributed by atoms with van der Waals surface area (Å²) in [5.41, 5.74) is 6.34. The molecule has 0 radical (unpaired) electrons. The molecule has 6 heteroatoms. The van der Waals surface area contributed by atoms with Crippen molar-refractivity contribution in [1.29, 1.82) is 0 Å². The number of nitrogens with two attached hydrogens (primary N) is 1. The van der Waals surface area contributed by atoms with Crippen LogP contribution in [0, 0.1) is 6.92 Å². The molecule has 1 atom stereocenters. The number of benzene rings is 1. The number of hydrogen-bond acceptors (Lipinski definition) is 3. The zero-order valence-electron chi connectivity index (χ0n) is 11.4. The summed E-state index contributed by atoms with van der Waals surface area (Å²) in [6, 6.07) is 8.01. The second kappa shape index (κ2) is 6.49. The smallest absolute Gasteiger partial charge is 0.323 e. The van der Waals surface area contributed by atoms with Gasteiger partial charge in [-0.15, -0.1) is 11.8 Å². The number of aromatic nitrogens is 1. The van der Waals surface area contributed by atoms with Gasteiger partial charge in [0.2, 0.25) is 0 Å². The fourth-order valence-corrected chi connectivity index (χ4v) is 2.94. The molecule has 1 aromatic carbocycles. The van der Waals surface area contributed by atoms with Crippen molar-refractivity contribution in [3.8, 4) is 0 Å². The number of rotatable bonds is 4. The molecule has 1 heterocycles. The Kier molecular flexibility index (Phi) is 4.90. The monoisotopic (exact) mass is 312 g/mol. The highest BCUT2D eigenvalue weighted by Crippen LogP contribution is 2.35. The van der Waals surface area contributed by atoms with Gasteiger partial charge in [0, 0.05) is 34.6 Å². The van der Waals surface area contributed by atoms with Gasteiger partial charge < -0.3 is 5.73 Å². The molecule has 2 nitrogen and oxygen atoms in total. The average Bonchev–Trinajstić information content (AvgIpc) is 2.44. The van der Waals surface area contributed by atoms with E-state index in [1.165, 1.54) is 18.0 Å². The molecule has 0 spiro atoms. The zero-order chi connectivity index (χ0) is 15.5. The van der Waals surface area contributed by atoms with Crippen LogP contribution in [0.4, 0.5) is 13.2 Å². The van der Waals surface area contributed by atoms with Crippen LogP contribution in [0.2, 0.25) is 0 Å². The highest BCUT2D eigenvalue weighted by atomic mass is 32.2. The molecule has 0 saturated heterocycles. The molecule has 1 unspecified atom stereocenters. The lowest BCUT2D eigenvalue weighted by Crippen LogP contribution is -2.19. The molecule has 0 amide bonds. The van der Waals surface area contributed by atoms with E-state index in [0.29, 0.717) is 5.75 Å². The Labute approximate surface area is 125 Å².